The van der Waals surface area contributed by atoms with Gasteiger partial charge >= 0.3 is 0 Å². The molecule has 20 heavy (non-hydrogen) atoms. The second-order valence-corrected chi connectivity index (χ2v) is 5.63. The number of hydrogen-bond donors (Lipinski definition) is 1. The molecule has 2 atom stereocenters. The lowest BCUT2D eigenvalue weighted by Crippen LogP contribution is -2.41. The SMILES string of the molecule is CCN(c1nc2cccc(C)n2n1)C1CCCC1CN. The molecule has 1 fully saturated rings. The van der Waals surface area contributed by atoms with Gasteiger partial charge in [0, 0.05) is 18.3 Å². The number of pyridine rings is 1. The van der Waals surface area contributed by atoms with E-state index in [1.165, 1.54) is 19.3 Å². The third-order valence-electron chi connectivity index (χ3n) is 4.46. The fraction of sp³-hybridized carbons (Fsp3) is 0.600. The Labute approximate surface area is 119 Å². The third-order valence-corrected chi connectivity index (χ3v) is 4.46. The monoisotopic (exact) mass is 273 g/mol. The molecule has 0 amide bonds. The Kier molecular flexibility index (Phi) is 3.61. The molecule has 3 rings (SSSR count). The second-order valence-electron chi connectivity index (χ2n) is 5.63. The molecule has 0 spiro atoms. The Morgan fingerprint density at radius 3 is 2.95 bits per heavy atom. The molecule has 0 aromatic carbocycles. The van der Waals surface area contributed by atoms with Gasteiger partial charge in [0.05, 0.1) is 0 Å². The van der Waals surface area contributed by atoms with Crippen LogP contribution in [0.5, 0.6) is 0 Å². The molecule has 2 aromatic rings. The number of nitrogens with zero attached hydrogens (tertiary/aromatic N) is 4. The molecule has 2 N–H and O–H groups in total. The fourth-order valence-corrected chi connectivity index (χ4v) is 3.37. The molecule has 1 saturated carbocycles. The zero-order valence-corrected chi connectivity index (χ0v) is 12.3. The summed E-state index contributed by atoms with van der Waals surface area (Å²) in [6, 6.07) is 6.58. The zero-order chi connectivity index (χ0) is 14.1. The minimum absolute atomic E-state index is 0.489. The Hall–Kier alpha value is -1.62. The van der Waals surface area contributed by atoms with Crippen LogP contribution in [0.1, 0.15) is 31.9 Å². The summed E-state index contributed by atoms with van der Waals surface area (Å²) < 4.78 is 1.92. The Balaban J connectivity index is 1.97. The highest BCUT2D eigenvalue weighted by molar-refractivity contribution is 5.46. The predicted octanol–water partition coefficient (Wildman–Crippen LogP) is 1.99. The first-order valence-corrected chi connectivity index (χ1v) is 7.53. The predicted molar refractivity (Wildman–Crippen MR) is 80.9 cm³/mol. The van der Waals surface area contributed by atoms with Gasteiger partial charge in [-0.15, -0.1) is 5.10 Å². The molecular formula is C15H23N5. The first-order chi connectivity index (χ1) is 9.74. The van der Waals surface area contributed by atoms with Gasteiger partial charge in [0.2, 0.25) is 5.95 Å². The average Bonchev–Trinajstić information content (AvgIpc) is 3.07. The maximum atomic E-state index is 5.92. The van der Waals surface area contributed by atoms with Gasteiger partial charge in [-0.2, -0.15) is 4.98 Å². The topological polar surface area (TPSA) is 59.5 Å². The van der Waals surface area contributed by atoms with Crippen molar-refractivity contribution >= 4 is 11.6 Å². The molecule has 1 aliphatic rings. The van der Waals surface area contributed by atoms with E-state index in [9.17, 15) is 0 Å². The molecule has 1 aliphatic carbocycles. The smallest absolute Gasteiger partial charge is 0.245 e. The van der Waals surface area contributed by atoms with Crippen molar-refractivity contribution in [2.45, 2.75) is 39.2 Å². The number of nitrogens with two attached hydrogens (primary N) is 1. The van der Waals surface area contributed by atoms with E-state index in [0.717, 1.165) is 30.4 Å². The molecule has 0 bridgehead atoms. The maximum Gasteiger partial charge on any atom is 0.245 e. The third kappa shape index (κ3) is 2.16. The van der Waals surface area contributed by atoms with E-state index < -0.39 is 0 Å². The van der Waals surface area contributed by atoms with Gasteiger partial charge in [0.25, 0.3) is 0 Å². The van der Waals surface area contributed by atoms with Gasteiger partial charge in [-0.05, 0) is 51.3 Å². The van der Waals surface area contributed by atoms with Crippen molar-refractivity contribution in [1.29, 1.82) is 0 Å². The second kappa shape index (κ2) is 5.40. The summed E-state index contributed by atoms with van der Waals surface area (Å²) in [6.07, 6.45) is 3.68. The van der Waals surface area contributed by atoms with Crippen LogP contribution < -0.4 is 10.6 Å². The lowest BCUT2D eigenvalue weighted by atomic mass is 10.0. The lowest BCUT2D eigenvalue weighted by Gasteiger charge is -2.30. The molecule has 2 heterocycles. The summed E-state index contributed by atoms with van der Waals surface area (Å²) in [5, 5.41) is 4.69. The van der Waals surface area contributed by atoms with Gasteiger partial charge in [-0.25, -0.2) is 4.52 Å². The summed E-state index contributed by atoms with van der Waals surface area (Å²) in [6.45, 7) is 5.91. The van der Waals surface area contributed by atoms with Crippen LogP contribution in [-0.2, 0) is 0 Å². The summed E-state index contributed by atoms with van der Waals surface area (Å²) in [4.78, 5) is 7.03. The molecule has 2 unspecified atom stereocenters. The van der Waals surface area contributed by atoms with Crippen molar-refractivity contribution in [2.24, 2.45) is 11.7 Å². The van der Waals surface area contributed by atoms with Crippen molar-refractivity contribution < 1.29 is 0 Å². The van der Waals surface area contributed by atoms with Crippen molar-refractivity contribution in [3.05, 3.63) is 23.9 Å². The van der Waals surface area contributed by atoms with Gasteiger partial charge in [-0.1, -0.05) is 12.5 Å². The first-order valence-electron chi connectivity index (χ1n) is 7.53. The van der Waals surface area contributed by atoms with E-state index in [0.29, 0.717) is 12.0 Å². The number of aryl methyl sites for hydroxylation is 1. The number of rotatable bonds is 4. The molecule has 0 saturated heterocycles. The first kappa shape index (κ1) is 13.4. The van der Waals surface area contributed by atoms with Crippen molar-refractivity contribution in [3.8, 4) is 0 Å². The highest BCUT2D eigenvalue weighted by atomic mass is 15.4. The van der Waals surface area contributed by atoms with E-state index in [4.69, 9.17) is 10.7 Å². The molecule has 0 radical (unpaired) electrons. The molecule has 108 valence electrons. The van der Waals surface area contributed by atoms with E-state index in [2.05, 4.69) is 29.9 Å². The molecule has 5 heteroatoms. The Bertz CT molecular complexity index is 591. The van der Waals surface area contributed by atoms with Crippen molar-refractivity contribution in [2.75, 3.05) is 18.0 Å². The van der Waals surface area contributed by atoms with Gasteiger partial charge < -0.3 is 10.6 Å². The van der Waals surface area contributed by atoms with Gasteiger partial charge in [0.15, 0.2) is 5.65 Å². The normalized spacial score (nSPS) is 22.6. The highest BCUT2D eigenvalue weighted by Gasteiger charge is 2.32. The van der Waals surface area contributed by atoms with Gasteiger partial charge in [-0.3, -0.25) is 0 Å². The quantitative estimate of drug-likeness (QED) is 0.925. The van der Waals surface area contributed by atoms with Gasteiger partial charge in [0.1, 0.15) is 0 Å². The van der Waals surface area contributed by atoms with E-state index >= 15 is 0 Å². The van der Waals surface area contributed by atoms with Crippen LogP contribution in [0.25, 0.3) is 5.65 Å². The minimum atomic E-state index is 0.489. The standard InChI is InChI=1S/C15H23N5/c1-3-19(13-8-5-7-12(13)10-16)15-17-14-9-4-6-11(2)20(14)18-15/h4,6,9,12-13H,3,5,7-8,10,16H2,1-2H3. The Morgan fingerprint density at radius 1 is 1.40 bits per heavy atom. The van der Waals surface area contributed by atoms with Crippen LogP contribution in [0.4, 0.5) is 5.95 Å². The summed E-state index contributed by atoms with van der Waals surface area (Å²) in [5.74, 6) is 1.41. The summed E-state index contributed by atoms with van der Waals surface area (Å²) >= 11 is 0. The molecular weight excluding hydrogens is 250 g/mol. The van der Waals surface area contributed by atoms with Crippen LogP contribution in [0, 0.1) is 12.8 Å². The number of aromatic nitrogens is 3. The van der Waals surface area contributed by atoms with Crippen LogP contribution in [-0.4, -0.2) is 33.7 Å². The zero-order valence-electron chi connectivity index (χ0n) is 12.3. The van der Waals surface area contributed by atoms with Crippen LogP contribution in [0.2, 0.25) is 0 Å². The van der Waals surface area contributed by atoms with E-state index in [1.54, 1.807) is 0 Å². The van der Waals surface area contributed by atoms with Crippen LogP contribution in [0.3, 0.4) is 0 Å². The highest BCUT2D eigenvalue weighted by Crippen LogP contribution is 2.31. The van der Waals surface area contributed by atoms with Crippen molar-refractivity contribution in [3.63, 3.8) is 0 Å². The average molecular weight is 273 g/mol. The van der Waals surface area contributed by atoms with E-state index in [1.807, 2.05) is 16.6 Å². The number of hydrogen-bond acceptors (Lipinski definition) is 4. The summed E-state index contributed by atoms with van der Waals surface area (Å²) in [5.41, 5.74) is 7.95. The van der Waals surface area contributed by atoms with Crippen LogP contribution >= 0.6 is 0 Å². The summed E-state index contributed by atoms with van der Waals surface area (Å²) in [7, 11) is 0. The van der Waals surface area contributed by atoms with Crippen molar-refractivity contribution in [1.82, 2.24) is 14.6 Å². The molecule has 2 aromatic heterocycles. The Morgan fingerprint density at radius 2 is 2.25 bits per heavy atom. The van der Waals surface area contributed by atoms with E-state index in [-0.39, 0.29) is 0 Å². The van der Waals surface area contributed by atoms with Crippen LogP contribution in [0.15, 0.2) is 18.2 Å². The lowest BCUT2D eigenvalue weighted by molar-refractivity contribution is 0.456. The molecule has 0 aliphatic heterocycles. The fourth-order valence-electron chi connectivity index (χ4n) is 3.37. The number of anilines is 1. The number of fused-ring (bicyclic) bond motifs is 1. The maximum absolute atomic E-state index is 5.92. The minimum Gasteiger partial charge on any atom is -0.336 e. The largest absolute Gasteiger partial charge is 0.336 e. The molecule has 5 nitrogen and oxygen atoms in total.